The van der Waals surface area contributed by atoms with Gasteiger partial charge in [-0.1, -0.05) is 0 Å². The molecule has 0 amide bonds. The number of carbonyl (C=O) groups excluding carboxylic acids is 2. The average Bonchev–Trinajstić information content (AvgIpc) is 2.34. The summed E-state index contributed by atoms with van der Waals surface area (Å²) in [5.41, 5.74) is 0.0226. The first-order chi connectivity index (χ1) is 9.04. The molecule has 0 radical (unpaired) electrons. The van der Waals surface area contributed by atoms with Crippen LogP contribution in [0.4, 0.5) is 4.39 Å². The van der Waals surface area contributed by atoms with Crippen molar-refractivity contribution in [2.45, 2.75) is 13.8 Å². The maximum absolute atomic E-state index is 13.4. The van der Waals surface area contributed by atoms with Gasteiger partial charge in [-0.05, 0) is 32.1 Å². The number of benzene rings is 1. The first kappa shape index (κ1) is 14.9. The fourth-order valence-electron chi connectivity index (χ4n) is 1.35. The van der Waals surface area contributed by atoms with Crippen molar-refractivity contribution in [2.75, 3.05) is 13.2 Å². The lowest BCUT2D eigenvalue weighted by molar-refractivity contribution is -0.137. The summed E-state index contributed by atoms with van der Waals surface area (Å²) in [4.78, 5) is 22.0. The lowest BCUT2D eigenvalue weighted by Crippen LogP contribution is -2.02. The van der Waals surface area contributed by atoms with E-state index in [-0.39, 0.29) is 23.7 Å². The Morgan fingerprint density at radius 3 is 2.68 bits per heavy atom. The molecule has 0 fully saturated rings. The van der Waals surface area contributed by atoms with Gasteiger partial charge in [-0.25, -0.2) is 9.18 Å². The molecule has 0 aliphatic heterocycles. The van der Waals surface area contributed by atoms with Crippen LogP contribution in [0.25, 0.3) is 0 Å². The van der Waals surface area contributed by atoms with Crippen LogP contribution in [0.2, 0.25) is 0 Å². The topological polar surface area (TPSA) is 52.6 Å². The van der Waals surface area contributed by atoms with E-state index >= 15 is 0 Å². The lowest BCUT2D eigenvalue weighted by Gasteiger charge is -2.05. The highest BCUT2D eigenvalue weighted by Crippen LogP contribution is 2.17. The van der Waals surface area contributed by atoms with Gasteiger partial charge in [0.2, 0.25) is 0 Å². The summed E-state index contributed by atoms with van der Waals surface area (Å²) in [5.74, 6) is -1.13. The van der Waals surface area contributed by atoms with Gasteiger partial charge < -0.3 is 9.47 Å². The monoisotopic (exact) mass is 266 g/mol. The van der Waals surface area contributed by atoms with Crippen LogP contribution in [0.15, 0.2) is 30.4 Å². The SMILES string of the molecule is CCOC(=O)/C=C/COc1ccc(C(C)=O)c(F)c1. The summed E-state index contributed by atoms with van der Waals surface area (Å²) in [6.07, 6.45) is 2.71. The second-order valence-corrected chi connectivity index (χ2v) is 3.66. The molecule has 0 bridgehead atoms. The molecular weight excluding hydrogens is 251 g/mol. The Morgan fingerprint density at radius 2 is 2.11 bits per heavy atom. The minimum Gasteiger partial charge on any atom is -0.489 e. The van der Waals surface area contributed by atoms with Gasteiger partial charge in [0.1, 0.15) is 18.2 Å². The number of carbonyl (C=O) groups is 2. The van der Waals surface area contributed by atoms with Gasteiger partial charge in [-0.2, -0.15) is 0 Å². The molecule has 0 unspecified atom stereocenters. The number of rotatable bonds is 6. The average molecular weight is 266 g/mol. The highest BCUT2D eigenvalue weighted by molar-refractivity contribution is 5.94. The molecule has 19 heavy (non-hydrogen) atoms. The molecule has 0 spiro atoms. The van der Waals surface area contributed by atoms with E-state index in [0.717, 1.165) is 6.07 Å². The number of hydrogen-bond donors (Lipinski definition) is 0. The van der Waals surface area contributed by atoms with Crippen LogP contribution >= 0.6 is 0 Å². The van der Waals surface area contributed by atoms with Crippen LogP contribution < -0.4 is 4.74 Å². The number of ketones is 1. The Bertz CT molecular complexity index is 494. The Kier molecular flexibility index (Phi) is 5.73. The fraction of sp³-hybridized carbons (Fsp3) is 0.286. The molecule has 0 N–H and O–H groups in total. The highest BCUT2D eigenvalue weighted by Gasteiger charge is 2.07. The predicted octanol–water partition coefficient (Wildman–Crippen LogP) is 2.53. The van der Waals surface area contributed by atoms with Crippen LogP contribution in [0.3, 0.4) is 0 Å². The summed E-state index contributed by atoms with van der Waals surface area (Å²) in [6, 6.07) is 4.00. The van der Waals surface area contributed by atoms with Crippen molar-refractivity contribution in [3.8, 4) is 5.75 Å². The molecular formula is C14H15FO4. The zero-order valence-corrected chi connectivity index (χ0v) is 10.8. The van der Waals surface area contributed by atoms with Crippen molar-refractivity contribution in [1.82, 2.24) is 0 Å². The van der Waals surface area contributed by atoms with Crippen molar-refractivity contribution < 1.29 is 23.5 Å². The second-order valence-electron chi connectivity index (χ2n) is 3.66. The van der Waals surface area contributed by atoms with Gasteiger partial charge in [0.05, 0.1) is 12.2 Å². The molecule has 0 atom stereocenters. The van der Waals surface area contributed by atoms with Crippen LogP contribution in [-0.4, -0.2) is 25.0 Å². The first-order valence-electron chi connectivity index (χ1n) is 5.81. The number of hydrogen-bond acceptors (Lipinski definition) is 4. The highest BCUT2D eigenvalue weighted by atomic mass is 19.1. The zero-order chi connectivity index (χ0) is 14.3. The Balaban J connectivity index is 2.53. The lowest BCUT2D eigenvalue weighted by atomic mass is 10.1. The molecule has 4 nitrogen and oxygen atoms in total. The normalized spacial score (nSPS) is 10.5. The number of ether oxygens (including phenoxy) is 2. The quantitative estimate of drug-likeness (QED) is 0.451. The van der Waals surface area contributed by atoms with Crippen molar-refractivity contribution in [3.63, 3.8) is 0 Å². The molecule has 0 saturated carbocycles. The van der Waals surface area contributed by atoms with Gasteiger partial charge in [0.25, 0.3) is 0 Å². The minimum absolute atomic E-state index is 0.0226. The number of esters is 1. The summed E-state index contributed by atoms with van der Waals surface area (Å²) in [6.45, 7) is 3.42. The van der Waals surface area contributed by atoms with Gasteiger partial charge in [0, 0.05) is 12.1 Å². The van der Waals surface area contributed by atoms with Crippen LogP contribution in [0.1, 0.15) is 24.2 Å². The molecule has 0 aromatic heterocycles. The van der Waals surface area contributed by atoms with E-state index in [1.165, 1.54) is 31.2 Å². The third-order valence-corrected chi connectivity index (χ3v) is 2.21. The maximum Gasteiger partial charge on any atom is 0.330 e. The van der Waals surface area contributed by atoms with Crippen LogP contribution in [0, 0.1) is 5.82 Å². The molecule has 1 rings (SSSR count). The van der Waals surface area contributed by atoms with Crippen molar-refractivity contribution in [1.29, 1.82) is 0 Å². The van der Waals surface area contributed by atoms with Gasteiger partial charge in [-0.3, -0.25) is 4.79 Å². The smallest absolute Gasteiger partial charge is 0.330 e. The Morgan fingerprint density at radius 1 is 1.37 bits per heavy atom. The van der Waals surface area contributed by atoms with E-state index in [9.17, 15) is 14.0 Å². The van der Waals surface area contributed by atoms with Crippen molar-refractivity contribution in [2.24, 2.45) is 0 Å². The molecule has 102 valence electrons. The molecule has 5 heteroatoms. The van der Waals surface area contributed by atoms with E-state index in [1.54, 1.807) is 6.92 Å². The minimum atomic E-state index is -0.626. The van der Waals surface area contributed by atoms with Crippen molar-refractivity contribution in [3.05, 3.63) is 41.7 Å². The predicted molar refractivity (Wildman–Crippen MR) is 67.7 cm³/mol. The van der Waals surface area contributed by atoms with Gasteiger partial charge in [-0.15, -0.1) is 0 Å². The second kappa shape index (κ2) is 7.31. The van der Waals surface area contributed by atoms with Crippen LogP contribution in [-0.2, 0) is 9.53 Å². The van der Waals surface area contributed by atoms with Crippen LogP contribution in [0.5, 0.6) is 5.75 Å². The van der Waals surface area contributed by atoms with Gasteiger partial charge in [0.15, 0.2) is 5.78 Å². The summed E-state index contributed by atoms with van der Waals surface area (Å²) >= 11 is 0. The van der Waals surface area contributed by atoms with E-state index in [4.69, 9.17) is 4.74 Å². The zero-order valence-electron chi connectivity index (χ0n) is 10.8. The standard InChI is InChI=1S/C14H15FO4/c1-3-18-14(17)5-4-8-19-11-6-7-12(10(2)16)13(15)9-11/h4-7,9H,3,8H2,1-2H3/b5-4+. The Labute approximate surface area is 110 Å². The van der Waals surface area contributed by atoms with E-state index < -0.39 is 11.8 Å². The molecule has 0 aliphatic carbocycles. The van der Waals surface area contributed by atoms with E-state index in [2.05, 4.69) is 4.74 Å². The maximum atomic E-state index is 13.4. The molecule has 0 heterocycles. The fourth-order valence-corrected chi connectivity index (χ4v) is 1.35. The molecule has 1 aromatic carbocycles. The largest absolute Gasteiger partial charge is 0.489 e. The van der Waals surface area contributed by atoms with E-state index in [0.29, 0.717) is 6.61 Å². The Hall–Kier alpha value is -2.17. The molecule has 0 aliphatic rings. The van der Waals surface area contributed by atoms with Gasteiger partial charge >= 0.3 is 5.97 Å². The van der Waals surface area contributed by atoms with E-state index in [1.807, 2.05) is 0 Å². The molecule has 0 saturated heterocycles. The summed E-state index contributed by atoms with van der Waals surface area (Å²) < 4.78 is 23.3. The number of Topliss-reactive ketones (excluding diaryl/α,β-unsaturated/α-hetero) is 1. The molecule has 1 aromatic rings. The first-order valence-corrected chi connectivity index (χ1v) is 5.81. The summed E-state index contributed by atoms with van der Waals surface area (Å²) in [7, 11) is 0. The third-order valence-electron chi connectivity index (χ3n) is 2.21. The summed E-state index contributed by atoms with van der Waals surface area (Å²) in [5, 5.41) is 0. The van der Waals surface area contributed by atoms with Crippen molar-refractivity contribution >= 4 is 11.8 Å². The number of halogens is 1. The third kappa shape index (κ3) is 4.91.